The van der Waals surface area contributed by atoms with Crippen LogP contribution in [-0.2, 0) is 0 Å². The Balaban J connectivity index is 3.08. The van der Waals surface area contributed by atoms with Crippen molar-refractivity contribution in [1.29, 1.82) is 0 Å². The second-order valence-corrected chi connectivity index (χ2v) is 15.8. The van der Waals surface area contributed by atoms with Crippen LogP contribution in [0.5, 0.6) is 0 Å². The van der Waals surface area contributed by atoms with Crippen molar-refractivity contribution in [1.82, 2.24) is 0 Å². The van der Waals surface area contributed by atoms with E-state index in [0.717, 1.165) is 0 Å². The van der Waals surface area contributed by atoms with Crippen LogP contribution in [0.1, 0.15) is 0 Å². The summed E-state index contributed by atoms with van der Waals surface area (Å²) in [5.41, 5.74) is 0. The highest BCUT2D eigenvalue weighted by Gasteiger charge is 2.50. The first-order chi connectivity index (χ1) is 5.86. The van der Waals surface area contributed by atoms with Crippen molar-refractivity contribution in [3.05, 3.63) is 30.3 Å². The predicted molar refractivity (Wildman–Crippen MR) is 57.4 cm³/mol. The molecule has 1 atom stereocenters. The number of rotatable bonds is 2. The van der Waals surface area contributed by atoms with E-state index in [0.29, 0.717) is 5.19 Å². The molecule has 0 aliphatic carbocycles. The second kappa shape index (κ2) is 3.34. The molecule has 0 saturated heterocycles. The van der Waals surface area contributed by atoms with Gasteiger partial charge >= 0.3 is 0 Å². The molecular formula is C9H14F2Si2. The lowest BCUT2D eigenvalue weighted by molar-refractivity contribution is 0.775. The molecule has 72 valence electrons. The van der Waals surface area contributed by atoms with Gasteiger partial charge in [0.15, 0.2) is 0 Å². The summed E-state index contributed by atoms with van der Waals surface area (Å²) in [5, 5.41) is 0.578. The van der Waals surface area contributed by atoms with Crippen LogP contribution >= 0.6 is 0 Å². The Bertz CT molecular complexity index is 277. The summed E-state index contributed by atoms with van der Waals surface area (Å²) in [6.07, 6.45) is 0. The highest BCUT2D eigenvalue weighted by molar-refractivity contribution is 7.40. The number of hydrogen-bond donors (Lipinski definition) is 0. The summed E-state index contributed by atoms with van der Waals surface area (Å²) in [4.78, 5) is 0. The topological polar surface area (TPSA) is 0 Å². The quantitative estimate of drug-likeness (QED) is 0.527. The van der Waals surface area contributed by atoms with E-state index in [-0.39, 0.29) is 0 Å². The van der Waals surface area contributed by atoms with Crippen molar-refractivity contribution in [2.24, 2.45) is 0 Å². The molecule has 1 aromatic rings. The Morgan fingerprint density at radius 2 is 1.38 bits per heavy atom. The molecule has 0 fully saturated rings. The zero-order valence-electron chi connectivity index (χ0n) is 8.14. The Morgan fingerprint density at radius 1 is 0.923 bits per heavy atom. The van der Waals surface area contributed by atoms with E-state index in [1.165, 1.54) is 19.6 Å². The lowest BCUT2D eigenvalue weighted by Crippen LogP contribution is -2.59. The van der Waals surface area contributed by atoms with Crippen LogP contribution in [0, 0.1) is 0 Å². The van der Waals surface area contributed by atoms with Crippen LogP contribution in [-0.4, -0.2) is 15.9 Å². The van der Waals surface area contributed by atoms with E-state index < -0.39 is 15.9 Å². The van der Waals surface area contributed by atoms with Gasteiger partial charge in [-0.25, -0.2) is 0 Å². The van der Waals surface area contributed by atoms with E-state index in [9.17, 15) is 8.22 Å². The lowest BCUT2D eigenvalue weighted by atomic mass is 10.4. The summed E-state index contributed by atoms with van der Waals surface area (Å²) < 4.78 is 27.8. The first-order valence-corrected chi connectivity index (χ1v) is 10.5. The molecule has 0 aliphatic rings. The van der Waals surface area contributed by atoms with E-state index >= 15 is 0 Å². The van der Waals surface area contributed by atoms with Gasteiger partial charge in [-0.2, -0.15) is 0 Å². The average molecular weight is 216 g/mol. The standard InChI is InChI=1S/C9H14F2Si2/c1-12(2,10)13(3,11)9-7-5-4-6-8-9/h4-8H,1-3H3. The van der Waals surface area contributed by atoms with Gasteiger partial charge in [0, 0.05) is 0 Å². The molecule has 13 heavy (non-hydrogen) atoms. The summed E-state index contributed by atoms with van der Waals surface area (Å²) in [6, 6.07) is 8.74. The molecule has 0 bridgehead atoms. The number of hydrogen-bond acceptors (Lipinski definition) is 0. The normalized spacial score (nSPS) is 16.7. The van der Waals surface area contributed by atoms with Crippen LogP contribution in [0.2, 0.25) is 19.6 Å². The molecule has 1 aromatic carbocycles. The third kappa shape index (κ3) is 2.06. The number of halogens is 2. The van der Waals surface area contributed by atoms with Gasteiger partial charge in [-0.3, -0.25) is 0 Å². The van der Waals surface area contributed by atoms with Crippen molar-refractivity contribution in [3.63, 3.8) is 0 Å². The molecule has 0 aliphatic heterocycles. The first kappa shape index (κ1) is 10.6. The fourth-order valence-electron chi connectivity index (χ4n) is 1.09. The van der Waals surface area contributed by atoms with E-state index in [1.807, 2.05) is 6.07 Å². The Hall–Kier alpha value is -0.486. The molecule has 0 radical (unpaired) electrons. The van der Waals surface area contributed by atoms with Gasteiger partial charge in [0.2, 0.25) is 0 Å². The van der Waals surface area contributed by atoms with E-state index in [4.69, 9.17) is 0 Å². The third-order valence-corrected chi connectivity index (χ3v) is 13.6. The van der Waals surface area contributed by atoms with Crippen LogP contribution in [0.4, 0.5) is 8.22 Å². The van der Waals surface area contributed by atoms with Crippen LogP contribution in [0.15, 0.2) is 30.3 Å². The highest BCUT2D eigenvalue weighted by atomic mass is 29.3. The molecule has 0 nitrogen and oxygen atoms in total. The van der Waals surface area contributed by atoms with Gasteiger partial charge in [0.05, 0.1) is 0 Å². The fourth-order valence-corrected chi connectivity index (χ4v) is 5.16. The zero-order valence-corrected chi connectivity index (χ0v) is 10.1. The predicted octanol–water partition coefficient (Wildman–Crippen LogP) is 2.69. The second-order valence-electron chi connectivity index (χ2n) is 3.84. The van der Waals surface area contributed by atoms with Gasteiger partial charge in [0.25, 0.3) is 15.9 Å². The molecule has 0 saturated carbocycles. The van der Waals surface area contributed by atoms with Gasteiger partial charge in [0.1, 0.15) is 0 Å². The molecule has 0 aromatic heterocycles. The molecule has 1 rings (SSSR count). The maximum Gasteiger partial charge on any atom is 0.296 e. The molecule has 0 N–H and O–H groups in total. The third-order valence-electron chi connectivity index (χ3n) is 2.43. The van der Waals surface area contributed by atoms with Gasteiger partial charge < -0.3 is 8.22 Å². The summed E-state index contributed by atoms with van der Waals surface area (Å²) in [5.74, 6) is 0. The molecule has 0 spiro atoms. The minimum atomic E-state index is -3.31. The average Bonchev–Trinajstić information content (AvgIpc) is 2.04. The fraction of sp³-hybridized carbons (Fsp3) is 0.333. The SMILES string of the molecule is C[Si](C)(F)[Si](C)(F)c1ccccc1. The van der Waals surface area contributed by atoms with Gasteiger partial charge in [-0.15, -0.1) is 0 Å². The minimum Gasteiger partial charge on any atom is -0.314 e. The summed E-state index contributed by atoms with van der Waals surface area (Å²) >= 11 is 0. The molecule has 0 heterocycles. The van der Waals surface area contributed by atoms with Crippen LogP contribution in [0.25, 0.3) is 0 Å². The lowest BCUT2D eigenvalue weighted by Gasteiger charge is -2.25. The van der Waals surface area contributed by atoms with E-state index in [2.05, 4.69) is 0 Å². The first-order valence-electron chi connectivity index (χ1n) is 4.29. The Labute approximate surface area is 79.8 Å². The zero-order chi connectivity index (χ0) is 10.1. The van der Waals surface area contributed by atoms with Crippen molar-refractivity contribution in [2.45, 2.75) is 19.6 Å². The number of benzene rings is 1. The van der Waals surface area contributed by atoms with Crippen LogP contribution < -0.4 is 5.19 Å². The summed E-state index contributed by atoms with van der Waals surface area (Å²) in [6.45, 7) is 4.37. The van der Waals surface area contributed by atoms with Crippen LogP contribution in [0.3, 0.4) is 0 Å². The van der Waals surface area contributed by atoms with Crippen molar-refractivity contribution >= 4 is 21.0 Å². The largest absolute Gasteiger partial charge is 0.314 e. The monoisotopic (exact) mass is 216 g/mol. The molecular weight excluding hydrogens is 202 g/mol. The van der Waals surface area contributed by atoms with E-state index in [1.54, 1.807) is 24.3 Å². The highest BCUT2D eigenvalue weighted by Crippen LogP contribution is 2.21. The maximum atomic E-state index is 14.2. The molecule has 4 heteroatoms. The van der Waals surface area contributed by atoms with Crippen molar-refractivity contribution < 1.29 is 8.22 Å². The molecule has 0 amide bonds. The molecule has 1 unspecified atom stereocenters. The Morgan fingerprint density at radius 3 is 1.77 bits per heavy atom. The summed E-state index contributed by atoms with van der Waals surface area (Å²) in [7, 11) is -6.46. The van der Waals surface area contributed by atoms with Gasteiger partial charge in [-0.05, 0) is 24.8 Å². The van der Waals surface area contributed by atoms with Gasteiger partial charge in [-0.1, -0.05) is 30.3 Å². The smallest absolute Gasteiger partial charge is 0.296 e. The maximum absolute atomic E-state index is 14.2. The Kier molecular flexibility index (Phi) is 2.72. The van der Waals surface area contributed by atoms with Crippen molar-refractivity contribution in [3.8, 4) is 0 Å². The van der Waals surface area contributed by atoms with Crippen molar-refractivity contribution in [2.75, 3.05) is 0 Å². The minimum absolute atomic E-state index is 0.578.